The summed E-state index contributed by atoms with van der Waals surface area (Å²) in [5, 5.41) is 13.4. The molecule has 2 N–H and O–H groups in total. The number of phenols is 1. The van der Waals surface area contributed by atoms with Gasteiger partial charge in [-0.25, -0.2) is 9.59 Å². The molecule has 3 fully saturated rings. The minimum absolute atomic E-state index is 0.000622. The first-order valence-corrected chi connectivity index (χ1v) is 19.9. The second-order valence-corrected chi connectivity index (χ2v) is 15.3. The Morgan fingerprint density at radius 2 is 1.54 bits per heavy atom. The molecule has 0 radical (unpaired) electrons. The van der Waals surface area contributed by atoms with Crippen LogP contribution in [0.2, 0.25) is 0 Å². The van der Waals surface area contributed by atoms with Crippen molar-refractivity contribution >= 4 is 29.7 Å². The maximum atomic E-state index is 14.2. The molecule has 294 valence electrons. The molecule has 2 aromatic carbocycles. The van der Waals surface area contributed by atoms with E-state index in [4.69, 9.17) is 9.47 Å². The molecule has 4 aliphatic rings. The zero-order valence-corrected chi connectivity index (χ0v) is 32.3. The molecule has 0 unspecified atom stereocenters. The van der Waals surface area contributed by atoms with Gasteiger partial charge in [0.05, 0.1) is 13.2 Å². The zero-order chi connectivity index (χ0) is 38.2. The van der Waals surface area contributed by atoms with Gasteiger partial charge < -0.3 is 34.6 Å². The fraction of sp³-hybridized carbons (Fsp3) is 0.610. The first-order chi connectivity index (χ1) is 26.1. The number of rotatable bonds is 11. The molecule has 13 nitrogen and oxygen atoms in total. The molecular weight excluding hydrogens is 688 g/mol. The second-order valence-electron chi connectivity index (χ2n) is 15.3. The van der Waals surface area contributed by atoms with Crippen LogP contribution in [0.1, 0.15) is 67.7 Å². The lowest BCUT2D eigenvalue weighted by Gasteiger charge is -2.43. The SMILES string of the molecule is CCCCOC(=O)CN1CCC(N2CCN(C(=O)[C@@H](Cc3cc(C)c(O)c(C)c3)OC(=O)N3CCC(N4CCc5ccccc5NC4=O)CC3)CC2)CC1. The van der Waals surface area contributed by atoms with E-state index >= 15 is 0 Å². The number of amides is 4. The summed E-state index contributed by atoms with van der Waals surface area (Å²) >= 11 is 0. The Hall–Kier alpha value is -4.36. The van der Waals surface area contributed by atoms with Crippen molar-refractivity contribution in [2.24, 2.45) is 0 Å². The third kappa shape index (κ3) is 9.84. The van der Waals surface area contributed by atoms with Crippen LogP contribution in [0, 0.1) is 13.8 Å². The smallest absolute Gasteiger partial charge is 0.410 e. The van der Waals surface area contributed by atoms with Crippen LogP contribution in [0.5, 0.6) is 5.75 Å². The number of aromatic hydroxyl groups is 1. The molecule has 4 heterocycles. The van der Waals surface area contributed by atoms with Gasteiger partial charge in [-0.1, -0.05) is 43.7 Å². The molecule has 4 aliphatic heterocycles. The van der Waals surface area contributed by atoms with E-state index in [1.807, 2.05) is 60.0 Å². The van der Waals surface area contributed by atoms with E-state index in [2.05, 4.69) is 22.0 Å². The topological polar surface area (TPSA) is 135 Å². The van der Waals surface area contributed by atoms with E-state index in [1.165, 1.54) is 0 Å². The summed E-state index contributed by atoms with van der Waals surface area (Å²) in [5.41, 5.74) is 4.20. The van der Waals surface area contributed by atoms with Gasteiger partial charge in [-0.15, -0.1) is 0 Å². The number of para-hydroxylation sites is 1. The van der Waals surface area contributed by atoms with Crippen molar-refractivity contribution in [3.05, 3.63) is 58.7 Å². The first kappa shape index (κ1) is 39.3. The summed E-state index contributed by atoms with van der Waals surface area (Å²) < 4.78 is 11.4. The average Bonchev–Trinajstić information content (AvgIpc) is 3.35. The maximum absolute atomic E-state index is 14.2. The van der Waals surface area contributed by atoms with E-state index in [0.29, 0.717) is 75.9 Å². The van der Waals surface area contributed by atoms with Crippen LogP contribution < -0.4 is 5.32 Å². The van der Waals surface area contributed by atoms with Gasteiger partial charge in [0.1, 0.15) is 5.75 Å². The highest BCUT2D eigenvalue weighted by molar-refractivity contribution is 5.91. The Bertz CT molecular complexity index is 1610. The maximum Gasteiger partial charge on any atom is 0.410 e. The fourth-order valence-electron chi connectivity index (χ4n) is 8.36. The van der Waals surface area contributed by atoms with E-state index in [1.54, 1.807) is 4.90 Å². The largest absolute Gasteiger partial charge is 0.507 e. The average molecular weight is 747 g/mol. The minimum Gasteiger partial charge on any atom is -0.507 e. The Balaban J connectivity index is 1.03. The Morgan fingerprint density at radius 3 is 2.22 bits per heavy atom. The zero-order valence-electron chi connectivity index (χ0n) is 32.3. The monoisotopic (exact) mass is 746 g/mol. The fourth-order valence-corrected chi connectivity index (χ4v) is 8.36. The van der Waals surface area contributed by atoms with Gasteiger partial charge in [0.25, 0.3) is 5.91 Å². The third-order valence-electron chi connectivity index (χ3n) is 11.6. The molecule has 2 aromatic rings. The third-order valence-corrected chi connectivity index (χ3v) is 11.6. The summed E-state index contributed by atoms with van der Waals surface area (Å²) in [6.45, 7) is 12.2. The van der Waals surface area contributed by atoms with Gasteiger partial charge in [0.15, 0.2) is 6.10 Å². The molecule has 4 amide bonds. The summed E-state index contributed by atoms with van der Waals surface area (Å²) in [7, 11) is 0. The van der Waals surface area contributed by atoms with Crippen LogP contribution in [0.25, 0.3) is 0 Å². The van der Waals surface area contributed by atoms with Crippen molar-refractivity contribution in [3.8, 4) is 5.75 Å². The number of benzene rings is 2. The van der Waals surface area contributed by atoms with Crippen LogP contribution in [-0.2, 0) is 31.9 Å². The number of ether oxygens (including phenoxy) is 2. The van der Waals surface area contributed by atoms with Gasteiger partial charge in [-0.05, 0) is 80.7 Å². The Kier molecular flexibility index (Phi) is 13.3. The van der Waals surface area contributed by atoms with Crippen molar-refractivity contribution < 1.29 is 33.8 Å². The molecule has 6 rings (SSSR count). The number of carbonyl (C=O) groups excluding carboxylic acids is 4. The number of nitrogens with zero attached hydrogens (tertiary/aromatic N) is 5. The number of aryl methyl sites for hydroxylation is 2. The number of piperazine rings is 1. The van der Waals surface area contributed by atoms with Crippen molar-refractivity contribution in [2.45, 2.75) is 90.3 Å². The summed E-state index contributed by atoms with van der Waals surface area (Å²) in [5.74, 6) is -0.143. The van der Waals surface area contributed by atoms with Crippen molar-refractivity contribution in [3.63, 3.8) is 0 Å². The highest BCUT2D eigenvalue weighted by atomic mass is 16.6. The van der Waals surface area contributed by atoms with Gasteiger partial charge >= 0.3 is 18.1 Å². The van der Waals surface area contributed by atoms with Crippen molar-refractivity contribution in [1.82, 2.24) is 24.5 Å². The van der Waals surface area contributed by atoms with Crippen LogP contribution >= 0.6 is 0 Å². The van der Waals surface area contributed by atoms with Crippen molar-refractivity contribution in [1.29, 1.82) is 0 Å². The van der Waals surface area contributed by atoms with Crippen LogP contribution in [-0.4, -0.2) is 144 Å². The normalized spacial score (nSPS) is 19.8. The molecule has 0 spiro atoms. The van der Waals surface area contributed by atoms with E-state index in [9.17, 15) is 24.3 Å². The van der Waals surface area contributed by atoms with Gasteiger partial charge in [-0.3, -0.25) is 19.4 Å². The molecule has 0 saturated carbocycles. The molecule has 3 saturated heterocycles. The summed E-state index contributed by atoms with van der Waals surface area (Å²) in [6, 6.07) is 11.8. The highest BCUT2D eigenvalue weighted by Crippen LogP contribution is 2.27. The lowest BCUT2D eigenvalue weighted by molar-refractivity contribution is -0.145. The quantitative estimate of drug-likeness (QED) is 0.251. The number of nitrogens with one attached hydrogen (secondary N) is 1. The van der Waals surface area contributed by atoms with E-state index < -0.39 is 12.2 Å². The number of likely N-dealkylation sites (tertiary alicyclic amines) is 2. The minimum atomic E-state index is -1.01. The standard InChI is InChI=1S/C41H58N6O7/c1-4-5-24-53-37(48)28-43-15-11-33(12-16-43)44-20-22-45(23-21-44)39(50)36(27-31-25-29(2)38(49)30(3)26-31)54-41(52)46-17-13-34(14-18-46)47-19-10-32-8-6-7-9-35(32)42-40(47)51/h6-9,25-26,33-34,36,49H,4-5,10-24,27-28H2,1-3H3,(H,42,51)/t36-/m1/s1. The summed E-state index contributed by atoms with van der Waals surface area (Å²) in [6.07, 6.45) is 4.49. The molecule has 0 aliphatic carbocycles. The number of anilines is 1. The second kappa shape index (κ2) is 18.3. The number of hydrogen-bond acceptors (Lipinski definition) is 9. The first-order valence-electron chi connectivity index (χ1n) is 19.9. The molecule has 13 heteroatoms. The van der Waals surface area contributed by atoms with Crippen LogP contribution in [0.4, 0.5) is 15.3 Å². The van der Waals surface area contributed by atoms with Gasteiger partial charge in [0.2, 0.25) is 0 Å². The number of unbranched alkanes of at least 4 members (excludes halogenated alkanes) is 1. The number of carbonyl (C=O) groups is 4. The highest BCUT2D eigenvalue weighted by Gasteiger charge is 2.36. The number of fused-ring (bicyclic) bond motifs is 1. The van der Waals surface area contributed by atoms with Gasteiger partial charge in [0, 0.05) is 83.1 Å². The molecule has 54 heavy (non-hydrogen) atoms. The summed E-state index contributed by atoms with van der Waals surface area (Å²) in [4.78, 5) is 63.2. The number of hydrogen-bond donors (Lipinski definition) is 2. The van der Waals surface area contributed by atoms with Crippen molar-refractivity contribution in [2.75, 3.05) is 77.4 Å². The van der Waals surface area contributed by atoms with Crippen LogP contribution in [0.15, 0.2) is 36.4 Å². The van der Waals surface area contributed by atoms with E-state index in [-0.39, 0.29) is 36.1 Å². The number of esters is 1. The Labute approximate surface area is 319 Å². The van der Waals surface area contributed by atoms with Crippen LogP contribution in [0.3, 0.4) is 0 Å². The Morgan fingerprint density at radius 1 is 0.870 bits per heavy atom. The number of piperidine rings is 2. The lowest BCUT2D eigenvalue weighted by Crippen LogP contribution is -2.57. The van der Waals surface area contributed by atoms with E-state index in [0.717, 1.165) is 75.1 Å². The molecule has 1 atom stereocenters. The molecular formula is C41H58N6O7. The molecule has 0 aromatic heterocycles. The number of phenolic OH excluding ortho intramolecular Hbond substituents is 1. The number of urea groups is 1. The molecule has 0 bridgehead atoms. The predicted molar refractivity (Wildman–Crippen MR) is 206 cm³/mol. The van der Waals surface area contributed by atoms with Gasteiger partial charge in [-0.2, -0.15) is 0 Å². The predicted octanol–water partition coefficient (Wildman–Crippen LogP) is 4.56. The lowest BCUT2D eigenvalue weighted by atomic mass is 10.00.